The maximum Gasteiger partial charge on any atom is 0.268 e. The minimum atomic E-state index is -0.254. The third-order valence-electron chi connectivity index (χ3n) is 3.02. The fourth-order valence-electron chi connectivity index (χ4n) is 1.92. The van der Waals surface area contributed by atoms with Crippen LogP contribution in [0, 0.1) is 0 Å². The number of rotatable bonds is 6. The number of carbonyl (C=O) groups excluding carboxylic acids is 2. The molecule has 1 aliphatic rings. The molecule has 2 amide bonds. The average Bonchev–Trinajstić information content (AvgIpc) is 3.16. The Kier molecular flexibility index (Phi) is 4.09. The van der Waals surface area contributed by atoms with Crippen molar-refractivity contribution in [2.45, 2.75) is 32.2 Å². The number of anilines is 1. The Morgan fingerprint density at radius 1 is 1.42 bits per heavy atom. The lowest BCUT2D eigenvalue weighted by molar-refractivity contribution is -0.120. The number of nitrogens with one attached hydrogen (secondary N) is 2. The van der Waals surface area contributed by atoms with Gasteiger partial charge in [-0.05, 0) is 25.3 Å². The maximum absolute atomic E-state index is 12.0. The summed E-state index contributed by atoms with van der Waals surface area (Å²) in [6.45, 7) is 2.60. The van der Waals surface area contributed by atoms with Crippen LogP contribution in [0.3, 0.4) is 0 Å². The topological polar surface area (TPSA) is 89.2 Å². The highest BCUT2D eigenvalue weighted by molar-refractivity contribution is 5.96. The van der Waals surface area contributed by atoms with Crippen LogP contribution in [0.4, 0.5) is 5.69 Å². The second-order valence-electron chi connectivity index (χ2n) is 4.83. The fourth-order valence-corrected chi connectivity index (χ4v) is 1.92. The number of aromatic nitrogens is 1. The molecule has 0 bridgehead atoms. The van der Waals surface area contributed by atoms with Gasteiger partial charge in [0, 0.05) is 18.8 Å². The van der Waals surface area contributed by atoms with E-state index in [0.717, 1.165) is 19.3 Å². The zero-order chi connectivity index (χ0) is 13.8. The van der Waals surface area contributed by atoms with Crippen molar-refractivity contribution in [3.63, 3.8) is 0 Å². The lowest BCUT2D eigenvalue weighted by Crippen LogP contribution is -2.37. The van der Waals surface area contributed by atoms with Gasteiger partial charge in [-0.25, -0.2) is 0 Å². The Hall–Kier alpha value is -1.98. The van der Waals surface area contributed by atoms with Crippen LogP contribution in [0.15, 0.2) is 12.3 Å². The summed E-state index contributed by atoms with van der Waals surface area (Å²) >= 11 is 0. The van der Waals surface area contributed by atoms with Gasteiger partial charge in [0.1, 0.15) is 5.69 Å². The number of nitrogens with two attached hydrogens (primary N) is 1. The Bertz CT molecular complexity index is 477. The summed E-state index contributed by atoms with van der Waals surface area (Å²) in [5.41, 5.74) is 6.83. The Labute approximate surface area is 112 Å². The van der Waals surface area contributed by atoms with Crippen molar-refractivity contribution < 1.29 is 9.59 Å². The lowest BCUT2D eigenvalue weighted by atomic mass is 10.3. The van der Waals surface area contributed by atoms with E-state index in [1.54, 1.807) is 12.3 Å². The van der Waals surface area contributed by atoms with Gasteiger partial charge in [0.2, 0.25) is 5.91 Å². The first-order valence-corrected chi connectivity index (χ1v) is 6.64. The maximum atomic E-state index is 12.0. The molecule has 6 nitrogen and oxygen atoms in total. The predicted molar refractivity (Wildman–Crippen MR) is 72.7 cm³/mol. The van der Waals surface area contributed by atoms with Crippen LogP contribution in [-0.2, 0) is 4.79 Å². The molecular formula is C13H20N4O2. The second-order valence-corrected chi connectivity index (χ2v) is 4.83. The number of amides is 2. The van der Waals surface area contributed by atoms with Crippen molar-refractivity contribution in [3.05, 3.63) is 18.0 Å². The van der Waals surface area contributed by atoms with Crippen LogP contribution in [0.2, 0.25) is 0 Å². The van der Waals surface area contributed by atoms with Crippen LogP contribution in [0.1, 0.15) is 42.7 Å². The summed E-state index contributed by atoms with van der Waals surface area (Å²) in [5, 5.41) is 5.33. The summed E-state index contributed by atoms with van der Waals surface area (Å²) in [6, 6.07) is 2.03. The van der Waals surface area contributed by atoms with Gasteiger partial charge >= 0.3 is 0 Å². The monoisotopic (exact) mass is 264 g/mol. The zero-order valence-corrected chi connectivity index (χ0v) is 11.1. The van der Waals surface area contributed by atoms with Crippen molar-refractivity contribution in [1.82, 2.24) is 15.2 Å². The van der Waals surface area contributed by atoms with Crippen LogP contribution >= 0.6 is 0 Å². The van der Waals surface area contributed by atoms with Crippen molar-refractivity contribution in [2.24, 2.45) is 0 Å². The molecule has 1 saturated carbocycles. The summed E-state index contributed by atoms with van der Waals surface area (Å²) in [6.07, 6.45) is 4.81. The molecule has 19 heavy (non-hydrogen) atoms. The van der Waals surface area contributed by atoms with E-state index in [0.29, 0.717) is 24.0 Å². The van der Waals surface area contributed by atoms with Crippen molar-refractivity contribution >= 4 is 17.5 Å². The fraction of sp³-hybridized carbons (Fsp3) is 0.538. The van der Waals surface area contributed by atoms with E-state index in [1.807, 2.05) is 11.5 Å². The normalized spacial score (nSPS) is 14.2. The van der Waals surface area contributed by atoms with E-state index in [4.69, 9.17) is 5.73 Å². The quantitative estimate of drug-likeness (QED) is 0.705. The number of hydrogen-bond donors (Lipinski definition) is 3. The summed E-state index contributed by atoms with van der Waals surface area (Å²) in [7, 11) is 0. The molecule has 1 aromatic heterocycles. The first-order valence-electron chi connectivity index (χ1n) is 6.64. The van der Waals surface area contributed by atoms with Gasteiger partial charge in [-0.1, -0.05) is 6.92 Å². The van der Waals surface area contributed by atoms with Gasteiger partial charge in [-0.3, -0.25) is 9.59 Å². The molecule has 0 radical (unpaired) electrons. The molecule has 1 heterocycles. The third-order valence-corrected chi connectivity index (χ3v) is 3.02. The molecule has 0 aliphatic heterocycles. The van der Waals surface area contributed by atoms with Gasteiger partial charge in [-0.15, -0.1) is 0 Å². The Morgan fingerprint density at radius 3 is 2.79 bits per heavy atom. The molecule has 0 aromatic carbocycles. The number of nitrogens with zero attached hydrogens (tertiary/aromatic N) is 1. The molecule has 4 N–H and O–H groups in total. The SMILES string of the molecule is CCCNC(=O)CNC(=O)c1cc(N)cn1C1CC1. The molecule has 0 saturated heterocycles. The third kappa shape index (κ3) is 3.49. The van der Waals surface area contributed by atoms with Crippen LogP contribution in [0.5, 0.6) is 0 Å². The van der Waals surface area contributed by atoms with Gasteiger partial charge in [0.15, 0.2) is 0 Å². The minimum Gasteiger partial charge on any atom is -0.397 e. The first-order chi connectivity index (χ1) is 9.11. The lowest BCUT2D eigenvalue weighted by Gasteiger charge is -2.08. The molecule has 1 aromatic rings. The number of carbonyl (C=O) groups is 2. The second kappa shape index (κ2) is 5.77. The summed E-state index contributed by atoms with van der Waals surface area (Å²) in [5.74, 6) is -0.428. The highest BCUT2D eigenvalue weighted by atomic mass is 16.2. The molecule has 1 fully saturated rings. The molecule has 2 rings (SSSR count). The summed E-state index contributed by atoms with van der Waals surface area (Å²) in [4.78, 5) is 23.4. The molecule has 6 heteroatoms. The largest absolute Gasteiger partial charge is 0.397 e. The summed E-state index contributed by atoms with van der Waals surface area (Å²) < 4.78 is 1.90. The highest BCUT2D eigenvalue weighted by Gasteiger charge is 2.27. The smallest absolute Gasteiger partial charge is 0.268 e. The van der Waals surface area contributed by atoms with Crippen molar-refractivity contribution in [1.29, 1.82) is 0 Å². The van der Waals surface area contributed by atoms with E-state index < -0.39 is 0 Å². The van der Waals surface area contributed by atoms with E-state index in [9.17, 15) is 9.59 Å². The highest BCUT2D eigenvalue weighted by Crippen LogP contribution is 2.37. The van der Waals surface area contributed by atoms with Gasteiger partial charge in [0.25, 0.3) is 5.91 Å². The van der Waals surface area contributed by atoms with Gasteiger partial charge < -0.3 is 20.9 Å². The Balaban J connectivity index is 1.91. The average molecular weight is 264 g/mol. The van der Waals surface area contributed by atoms with Crippen LogP contribution in [-0.4, -0.2) is 29.5 Å². The molecule has 1 aliphatic carbocycles. The zero-order valence-electron chi connectivity index (χ0n) is 11.1. The molecule has 0 spiro atoms. The molecule has 104 valence electrons. The Morgan fingerprint density at radius 2 is 2.16 bits per heavy atom. The van der Waals surface area contributed by atoms with E-state index in [2.05, 4.69) is 10.6 Å². The standard InChI is InChI=1S/C13H20N4O2/c1-2-5-15-12(18)7-16-13(19)11-6-9(14)8-17(11)10-3-4-10/h6,8,10H,2-5,7,14H2,1H3,(H,15,18)(H,16,19). The minimum absolute atomic E-state index is 0.00537. The molecular weight excluding hydrogens is 244 g/mol. The molecule has 0 unspecified atom stereocenters. The van der Waals surface area contributed by atoms with Crippen molar-refractivity contribution in [3.8, 4) is 0 Å². The van der Waals surface area contributed by atoms with Gasteiger partial charge in [0.05, 0.1) is 12.2 Å². The van der Waals surface area contributed by atoms with Gasteiger partial charge in [-0.2, -0.15) is 0 Å². The van der Waals surface area contributed by atoms with E-state index >= 15 is 0 Å². The van der Waals surface area contributed by atoms with Crippen molar-refractivity contribution in [2.75, 3.05) is 18.8 Å². The van der Waals surface area contributed by atoms with Crippen LogP contribution in [0.25, 0.3) is 0 Å². The van der Waals surface area contributed by atoms with E-state index in [1.165, 1.54) is 0 Å². The predicted octanol–water partition coefficient (Wildman–Crippen LogP) is 0.661. The number of hydrogen-bond acceptors (Lipinski definition) is 3. The molecule has 0 atom stereocenters. The first kappa shape index (κ1) is 13.5. The van der Waals surface area contributed by atoms with Crippen LogP contribution < -0.4 is 16.4 Å². The van der Waals surface area contributed by atoms with E-state index in [-0.39, 0.29) is 18.4 Å². The number of nitrogen functional groups attached to an aromatic ring is 1.